The maximum absolute atomic E-state index is 13.2. The fourth-order valence-corrected chi connectivity index (χ4v) is 3.02. The number of hydrogen-bond donors (Lipinski definition) is 1. The van der Waals surface area contributed by atoms with E-state index in [9.17, 15) is 14.0 Å². The van der Waals surface area contributed by atoms with Crippen molar-refractivity contribution in [3.05, 3.63) is 35.6 Å². The second-order valence-corrected chi connectivity index (χ2v) is 6.51. The van der Waals surface area contributed by atoms with Crippen LogP contribution in [0.1, 0.15) is 25.8 Å². The van der Waals surface area contributed by atoms with Gasteiger partial charge < -0.3 is 10.6 Å². The summed E-state index contributed by atoms with van der Waals surface area (Å²) < 4.78 is 13.2. The Balaban J connectivity index is 1.80. The van der Waals surface area contributed by atoms with E-state index >= 15 is 0 Å². The molecule has 1 aliphatic heterocycles. The fourth-order valence-electron chi connectivity index (χ4n) is 3.02. The van der Waals surface area contributed by atoms with Crippen LogP contribution in [0.3, 0.4) is 0 Å². The summed E-state index contributed by atoms with van der Waals surface area (Å²) in [5.41, 5.74) is 6.24. The van der Waals surface area contributed by atoms with E-state index in [2.05, 4.69) is 0 Å². The van der Waals surface area contributed by atoms with E-state index in [1.165, 1.54) is 12.1 Å². The van der Waals surface area contributed by atoms with Crippen LogP contribution in [0.15, 0.2) is 24.3 Å². The second kappa shape index (κ2) is 8.24. The van der Waals surface area contributed by atoms with E-state index in [0.717, 1.165) is 5.56 Å². The van der Waals surface area contributed by atoms with Gasteiger partial charge in [0.25, 0.3) is 0 Å². The molecular weight excluding hydrogens is 309 g/mol. The molecule has 1 fully saturated rings. The van der Waals surface area contributed by atoms with Crippen molar-refractivity contribution in [3.63, 3.8) is 0 Å². The minimum Gasteiger partial charge on any atom is -0.368 e. The van der Waals surface area contributed by atoms with Gasteiger partial charge in [-0.05, 0) is 37.5 Å². The smallest absolute Gasteiger partial charge is 0.234 e. The molecule has 0 saturated carbocycles. The molecule has 1 aromatic carbocycles. The van der Waals surface area contributed by atoms with Gasteiger partial charge in [-0.2, -0.15) is 0 Å². The molecule has 1 aliphatic rings. The minimum absolute atomic E-state index is 0.103. The molecule has 0 spiro atoms. The number of carbonyl (C=O) groups excluding carboxylic acids is 2. The van der Waals surface area contributed by atoms with Crippen LogP contribution in [-0.2, 0) is 16.0 Å². The number of nitrogens with zero attached hydrogens (tertiary/aromatic N) is 2. The Hall–Kier alpha value is -1.95. The van der Waals surface area contributed by atoms with Crippen molar-refractivity contribution in [2.45, 2.75) is 32.7 Å². The average Bonchev–Trinajstić information content (AvgIpc) is 2.58. The number of rotatable bonds is 6. The maximum atomic E-state index is 13.2. The second-order valence-electron chi connectivity index (χ2n) is 6.51. The summed E-state index contributed by atoms with van der Waals surface area (Å²) in [5.74, 6) is -0.560. The first-order valence-corrected chi connectivity index (χ1v) is 8.45. The molecule has 0 aromatic heterocycles. The third-order valence-corrected chi connectivity index (χ3v) is 4.76. The topological polar surface area (TPSA) is 66.6 Å². The largest absolute Gasteiger partial charge is 0.368 e. The molecule has 1 saturated heterocycles. The molecule has 24 heavy (non-hydrogen) atoms. The number of aryl methyl sites for hydroxylation is 1. The Kier molecular flexibility index (Phi) is 6.31. The van der Waals surface area contributed by atoms with Crippen molar-refractivity contribution in [1.82, 2.24) is 9.80 Å². The standard InChI is InChI=1S/C18H26FN3O2/c1-13(6-7-15-4-3-5-16(19)12-15)18(24)22-10-8-21(9-11-22)14(2)17(20)23/h3-5,12-14H,6-11H2,1-2H3,(H2,20,23)/t13-,14+/m0/s1. The van der Waals surface area contributed by atoms with Crippen LogP contribution in [0.5, 0.6) is 0 Å². The van der Waals surface area contributed by atoms with Gasteiger partial charge in [-0.1, -0.05) is 19.1 Å². The number of amides is 2. The summed E-state index contributed by atoms with van der Waals surface area (Å²) in [6, 6.07) is 6.21. The fraction of sp³-hybridized carbons (Fsp3) is 0.556. The van der Waals surface area contributed by atoms with Crippen molar-refractivity contribution in [2.75, 3.05) is 26.2 Å². The summed E-state index contributed by atoms with van der Waals surface area (Å²) in [4.78, 5) is 27.6. The van der Waals surface area contributed by atoms with E-state index in [0.29, 0.717) is 39.0 Å². The first kappa shape index (κ1) is 18.4. The van der Waals surface area contributed by atoms with Crippen molar-refractivity contribution in [3.8, 4) is 0 Å². The number of benzene rings is 1. The van der Waals surface area contributed by atoms with Crippen LogP contribution in [0, 0.1) is 11.7 Å². The van der Waals surface area contributed by atoms with Gasteiger partial charge in [0.1, 0.15) is 5.82 Å². The van der Waals surface area contributed by atoms with E-state index in [1.807, 2.05) is 22.8 Å². The lowest BCUT2D eigenvalue weighted by Crippen LogP contribution is -2.55. The predicted octanol–water partition coefficient (Wildman–Crippen LogP) is 1.41. The number of carbonyl (C=O) groups is 2. The van der Waals surface area contributed by atoms with Crippen LogP contribution in [0.25, 0.3) is 0 Å². The molecule has 0 radical (unpaired) electrons. The van der Waals surface area contributed by atoms with Gasteiger partial charge in [-0.3, -0.25) is 14.5 Å². The summed E-state index contributed by atoms with van der Waals surface area (Å²) in [5, 5.41) is 0. The molecule has 2 rings (SSSR count). The predicted molar refractivity (Wildman–Crippen MR) is 90.7 cm³/mol. The third-order valence-electron chi connectivity index (χ3n) is 4.76. The zero-order chi connectivity index (χ0) is 17.7. The van der Waals surface area contributed by atoms with Crippen molar-refractivity contribution in [1.29, 1.82) is 0 Å². The van der Waals surface area contributed by atoms with Crippen LogP contribution in [0.2, 0.25) is 0 Å². The summed E-state index contributed by atoms with van der Waals surface area (Å²) in [6.07, 6.45) is 1.38. The molecule has 0 aliphatic carbocycles. The Morgan fingerprint density at radius 3 is 2.46 bits per heavy atom. The van der Waals surface area contributed by atoms with Gasteiger partial charge in [-0.25, -0.2) is 4.39 Å². The van der Waals surface area contributed by atoms with Gasteiger partial charge in [0.05, 0.1) is 6.04 Å². The normalized spacial score (nSPS) is 18.2. The highest BCUT2D eigenvalue weighted by atomic mass is 19.1. The maximum Gasteiger partial charge on any atom is 0.234 e. The van der Waals surface area contributed by atoms with E-state index < -0.39 is 0 Å². The lowest BCUT2D eigenvalue weighted by Gasteiger charge is -2.38. The highest BCUT2D eigenvalue weighted by Gasteiger charge is 2.28. The molecule has 2 amide bonds. The van der Waals surface area contributed by atoms with Crippen LogP contribution in [-0.4, -0.2) is 53.8 Å². The zero-order valence-electron chi connectivity index (χ0n) is 14.4. The first-order chi connectivity index (χ1) is 11.4. The molecule has 0 unspecified atom stereocenters. The van der Waals surface area contributed by atoms with Gasteiger partial charge in [-0.15, -0.1) is 0 Å². The Bertz CT molecular complexity index is 585. The number of nitrogens with two attached hydrogens (primary N) is 1. The Morgan fingerprint density at radius 1 is 1.21 bits per heavy atom. The summed E-state index contributed by atoms with van der Waals surface area (Å²) in [7, 11) is 0. The van der Waals surface area contributed by atoms with E-state index in [-0.39, 0.29) is 29.6 Å². The SMILES string of the molecule is C[C@H](C(N)=O)N1CCN(C(=O)[C@@H](C)CCc2cccc(F)c2)CC1. The molecule has 132 valence electrons. The molecule has 2 N–H and O–H groups in total. The van der Waals surface area contributed by atoms with Crippen molar-refractivity contribution >= 4 is 11.8 Å². The highest BCUT2D eigenvalue weighted by molar-refractivity contribution is 5.80. The molecule has 1 heterocycles. The van der Waals surface area contributed by atoms with Gasteiger partial charge >= 0.3 is 0 Å². The van der Waals surface area contributed by atoms with E-state index in [4.69, 9.17) is 5.73 Å². The number of halogens is 1. The van der Waals surface area contributed by atoms with Gasteiger partial charge in [0, 0.05) is 32.1 Å². The van der Waals surface area contributed by atoms with E-state index in [1.54, 1.807) is 13.0 Å². The average molecular weight is 335 g/mol. The van der Waals surface area contributed by atoms with Crippen LogP contribution < -0.4 is 5.73 Å². The molecule has 2 atom stereocenters. The Labute approximate surface area is 142 Å². The lowest BCUT2D eigenvalue weighted by atomic mass is 9.99. The van der Waals surface area contributed by atoms with Crippen molar-refractivity contribution in [2.24, 2.45) is 11.7 Å². The molecule has 6 heteroatoms. The lowest BCUT2D eigenvalue weighted by molar-refractivity contribution is -0.137. The van der Waals surface area contributed by atoms with Crippen LogP contribution in [0.4, 0.5) is 4.39 Å². The third kappa shape index (κ3) is 4.77. The van der Waals surface area contributed by atoms with Gasteiger partial charge in [0.2, 0.25) is 11.8 Å². The van der Waals surface area contributed by atoms with Gasteiger partial charge in [0.15, 0.2) is 0 Å². The molecule has 0 bridgehead atoms. The molecule has 5 nitrogen and oxygen atoms in total. The zero-order valence-corrected chi connectivity index (χ0v) is 14.4. The minimum atomic E-state index is -0.335. The molecular formula is C18H26FN3O2. The van der Waals surface area contributed by atoms with Crippen LogP contribution >= 0.6 is 0 Å². The number of piperazine rings is 1. The van der Waals surface area contributed by atoms with Crippen molar-refractivity contribution < 1.29 is 14.0 Å². The first-order valence-electron chi connectivity index (χ1n) is 8.45. The molecule has 1 aromatic rings. The number of primary amides is 1. The Morgan fingerprint density at radius 2 is 1.88 bits per heavy atom. The summed E-state index contributed by atoms with van der Waals surface area (Å²) >= 11 is 0. The highest BCUT2D eigenvalue weighted by Crippen LogP contribution is 2.15. The summed E-state index contributed by atoms with van der Waals surface area (Å²) in [6.45, 7) is 6.25. The number of hydrogen-bond acceptors (Lipinski definition) is 3. The quantitative estimate of drug-likeness (QED) is 0.855. The monoisotopic (exact) mass is 335 g/mol.